The van der Waals surface area contributed by atoms with Gasteiger partial charge >= 0.3 is 6.09 Å². The molecule has 2 amide bonds. The molecule has 2 atom stereocenters. The van der Waals surface area contributed by atoms with Crippen LogP contribution in [0, 0.1) is 5.92 Å². The van der Waals surface area contributed by atoms with Crippen LogP contribution in [0.15, 0.2) is 115 Å². The molecule has 7 heteroatoms. The number of hydrogen-bond donors (Lipinski definition) is 4. The highest BCUT2D eigenvalue weighted by atomic mass is 16.6. The van der Waals surface area contributed by atoms with Crippen LogP contribution in [0.5, 0.6) is 5.75 Å². The Bertz CT molecular complexity index is 1760. The molecule has 0 aliphatic rings. The first kappa shape index (κ1) is 28.2. The zero-order chi connectivity index (χ0) is 29.5. The smallest absolute Gasteiger partial charge is 0.412 e. The maximum atomic E-state index is 13.3. The molecule has 5 aromatic rings. The Morgan fingerprint density at radius 1 is 0.810 bits per heavy atom. The van der Waals surface area contributed by atoms with E-state index in [2.05, 4.69) is 10.6 Å². The van der Waals surface area contributed by atoms with Gasteiger partial charge in [-0.3, -0.25) is 10.1 Å². The molecule has 0 bridgehead atoms. The van der Waals surface area contributed by atoms with E-state index in [1.165, 1.54) is 6.08 Å². The number of carbonyl (C=O) groups excluding carboxylic acids is 2. The fraction of sp³-hybridized carbons (Fsp3) is 0.143. The second-order valence-electron chi connectivity index (χ2n) is 10.2. The fourth-order valence-electron chi connectivity index (χ4n) is 5.12. The molecule has 0 radical (unpaired) electrons. The molecule has 5 N–H and O–H groups in total. The maximum Gasteiger partial charge on any atom is 0.412 e. The minimum absolute atomic E-state index is 0.117. The highest BCUT2D eigenvalue weighted by molar-refractivity contribution is 6.01. The number of rotatable bonds is 9. The zero-order valence-electron chi connectivity index (χ0n) is 23.3. The number of ether oxygens (including phenoxy) is 1. The van der Waals surface area contributed by atoms with Crippen LogP contribution in [0.25, 0.3) is 21.5 Å². The van der Waals surface area contributed by atoms with Crippen LogP contribution in [-0.4, -0.2) is 17.1 Å². The molecule has 212 valence electrons. The summed E-state index contributed by atoms with van der Waals surface area (Å²) in [5, 5.41) is 19.6. The molecule has 0 saturated heterocycles. The first-order valence-corrected chi connectivity index (χ1v) is 13.9. The van der Waals surface area contributed by atoms with Gasteiger partial charge in [0, 0.05) is 16.3 Å². The van der Waals surface area contributed by atoms with E-state index in [9.17, 15) is 14.7 Å². The van der Waals surface area contributed by atoms with Crippen molar-refractivity contribution in [2.24, 2.45) is 5.92 Å². The lowest BCUT2D eigenvalue weighted by molar-refractivity contribution is -0.111. The minimum atomic E-state index is -0.614. The van der Waals surface area contributed by atoms with Gasteiger partial charge in [0.15, 0.2) is 0 Å². The molecular weight excluding hydrogens is 526 g/mol. The Balaban J connectivity index is 1.34. The molecule has 5 aromatic carbocycles. The van der Waals surface area contributed by atoms with Crippen molar-refractivity contribution in [3.8, 4) is 5.75 Å². The third kappa shape index (κ3) is 6.53. The second-order valence-corrected chi connectivity index (χ2v) is 10.2. The summed E-state index contributed by atoms with van der Waals surface area (Å²) in [4.78, 5) is 25.7. The number of benzene rings is 5. The standard InChI is InChI=1S/C35H33N3O4/c1-23(11-2-9-20-33(40)37-31-18-8-7-17-29(31)36)34(28-21-22-32(39)27-16-6-5-15-26(27)28)42-35(41)38-30-19-10-13-24-12-3-4-14-25(24)30/h3-10,12-23,34,39H,2,11,36H2,1H3,(H,37,40)(H,38,41)/b20-9+/t23-,34+/m1/s1. The maximum absolute atomic E-state index is 13.3. The number of para-hydroxylation sites is 2. The predicted molar refractivity (Wildman–Crippen MR) is 169 cm³/mol. The number of nitrogen functional groups attached to an aromatic ring is 1. The molecule has 0 spiro atoms. The van der Waals surface area contributed by atoms with Crippen LogP contribution in [0.4, 0.5) is 21.9 Å². The van der Waals surface area contributed by atoms with Crippen LogP contribution < -0.4 is 16.4 Å². The van der Waals surface area contributed by atoms with Crippen molar-refractivity contribution in [2.45, 2.75) is 25.9 Å². The first-order chi connectivity index (χ1) is 20.4. The second kappa shape index (κ2) is 12.9. The summed E-state index contributed by atoms with van der Waals surface area (Å²) in [7, 11) is 0. The van der Waals surface area contributed by atoms with E-state index in [0.29, 0.717) is 35.3 Å². The van der Waals surface area contributed by atoms with E-state index in [-0.39, 0.29) is 17.6 Å². The number of allylic oxidation sites excluding steroid dienone is 1. The van der Waals surface area contributed by atoms with Gasteiger partial charge in [0.2, 0.25) is 5.91 Å². The van der Waals surface area contributed by atoms with E-state index in [1.54, 1.807) is 42.5 Å². The van der Waals surface area contributed by atoms with E-state index in [4.69, 9.17) is 10.5 Å². The number of carbonyl (C=O) groups is 2. The molecule has 0 unspecified atom stereocenters. The highest BCUT2D eigenvalue weighted by Crippen LogP contribution is 2.37. The molecule has 7 nitrogen and oxygen atoms in total. The normalized spacial score (nSPS) is 12.7. The quantitative estimate of drug-likeness (QED) is 0.107. The van der Waals surface area contributed by atoms with Crippen molar-refractivity contribution in [1.29, 1.82) is 0 Å². The number of amides is 2. The van der Waals surface area contributed by atoms with Gasteiger partial charge in [-0.05, 0) is 59.9 Å². The highest BCUT2D eigenvalue weighted by Gasteiger charge is 2.26. The molecule has 5 rings (SSSR count). The molecule has 0 saturated carbocycles. The van der Waals surface area contributed by atoms with Gasteiger partial charge in [-0.1, -0.05) is 91.9 Å². The van der Waals surface area contributed by atoms with Crippen LogP contribution in [-0.2, 0) is 9.53 Å². The lowest BCUT2D eigenvalue weighted by Gasteiger charge is -2.26. The molecular formula is C35H33N3O4. The molecule has 0 aromatic heterocycles. The third-order valence-corrected chi connectivity index (χ3v) is 7.30. The number of phenols is 1. The van der Waals surface area contributed by atoms with Gasteiger partial charge in [-0.2, -0.15) is 0 Å². The van der Waals surface area contributed by atoms with Gasteiger partial charge in [0.1, 0.15) is 11.9 Å². The predicted octanol–water partition coefficient (Wildman–Crippen LogP) is 8.18. The summed E-state index contributed by atoms with van der Waals surface area (Å²) in [5.41, 5.74) is 8.43. The summed E-state index contributed by atoms with van der Waals surface area (Å²) in [6.45, 7) is 2.01. The van der Waals surface area contributed by atoms with Crippen molar-refractivity contribution in [3.05, 3.63) is 121 Å². The summed E-state index contributed by atoms with van der Waals surface area (Å²) in [6.07, 6.45) is 3.32. The van der Waals surface area contributed by atoms with Crippen LogP contribution in [0.1, 0.15) is 31.4 Å². The van der Waals surface area contributed by atoms with Crippen molar-refractivity contribution in [3.63, 3.8) is 0 Å². The van der Waals surface area contributed by atoms with Gasteiger partial charge in [-0.15, -0.1) is 0 Å². The number of anilines is 3. The topological polar surface area (TPSA) is 114 Å². The van der Waals surface area contributed by atoms with E-state index in [0.717, 1.165) is 21.7 Å². The molecule has 0 aliphatic carbocycles. The Hall–Kier alpha value is -5.30. The average Bonchev–Trinajstić information content (AvgIpc) is 3.00. The van der Waals surface area contributed by atoms with Gasteiger partial charge in [0.05, 0.1) is 17.1 Å². The molecule has 0 aliphatic heterocycles. The van der Waals surface area contributed by atoms with Crippen molar-refractivity contribution < 1.29 is 19.4 Å². The minimum Gasteiger partial charge on any atom is -0.507 e. The van der Waals surface area contributed by atoms with Gasteiger partial charge in [-0.25, -0.2) is 4.79 Å². The fourth-order valence-corrected chi connectivity index (χ4v) is 5.12. The van der Waals surface area contributed by atoms with E-state index in [1.807, 2.05) is 73.7 Å². The monoisotopic (exact) mass is 559 g/mol. The lowest BCUT2D eigenvalue weighted by atomic mass is 9.89. The summed E-state index contributed by atoms with van der Waals surface area (Å²) in [5.74, 6) is -0.227. The molecule has 42 heavy (non-hydrogen) atoms. The SMILES string of the molecule is C[C@H](CC/C=C/C(=O)Nc1ccccc1N)[C@H](OC(=O)Nc1cccc2ccccc12)c1ccc(O)c2ccccc12. The summed E-state index contributed by atoms with van der Waals surface area (Å²) >= 11 is 0. The van der Waals surface area contributed by atoms with Crippen molar-refractivity contribution in [2.75, 3.05) is 16.4 Å². The number of hydrogen-bond acceptors (Lipinski definition) is 5. The van der Waals surface area contributed by atoms with Crippen LogP contribution >= 0.6 is 0 Å². The van der Waals surface area contributed by atoms with E-state index < -0.39 is 12.2 Å². The number of fused-ring (bicyclic) bond motifs is 2. The lowest BCUT2D eigenvalue weighted by Crippen LogP contribution is -2.22. The Kier molecular flexibility index (Phi) is 8.68. The zero-order valence-corrected chi connectivity index (χ0v) is 23.3. The number of phenolic OH excluding ortho intramolecular Hbond substituents is 1. The average molecular weight is 560 g/mol. The van der Waals surface area contributed by atoms with Crippen LogP contribution in [0.3, 0.4) is 0 Å². The van der Waals surface area contributed by atoms with Crippen LogP contribution in [0.2, 0.25) is 0 Å². The number of aromatic hydroxyl groups is 1. The van der Waals surface area contributed by atoms with Crippen molar-refractivity contribution >= 4 is 50.6 Å². The summed E-state index contributed by atoms with van der Waals surface area (Å²) in [6, 6.07) is 31.6. The largest absolute Gasteiger partial charge is 0.507 e. The van der Waals surface area contributed by atoms with E-state index >= 15 is 0 Å². The number of nitrogens with two attached hydrogens (primary N) is 1. The van der Waals surface area contributed by atoms with Gasteiger partial charge < -0.3 is 20.9 Å². The molecule has 0 heterocycles. The third-order valence-electron chi connectivity index (χ3n) is 7.30. The number of nitrogens with one attached hydrogen (secondary N) is 2. The molecule has 0 fully saturated rings. The van der Waals surface area contributed by atoms with Crippen molar-refractivity contribution in [1.82, 2.24) is 0 Å². The summed E-state index contributed by atoms with van der Waals surface area (Å²) < 4.78 is 6.12. The Labute approximate surface area is 244 Å². The Morgan fingerprint density at radius 3 is 2.29 bits per heavy atom. The Morgan fingerprint density at radius 2 is 1.48 bits per heavy atom. The van der Waals surface area contributed by atoms with Gasteiger partial charge in [0.25, 0.3) is 0 Å². The first-order valence-electron chi connectivity index (χ1n) is 13.9.